The second kappa shape index (κ2) is 7.41. The van der Waals surface area contributed by atoms with Crippen LogP contribution in [0.3, 0.4) is 0 Å². The molecule has 104 valence electrons. The number of amides is 2. The zero-order chi connectivity index (χ0) is 14.3. The fourth-order valence-electron chi connectivity index (χ4n) is 1.62. The molecule has 0 aliphatic rings. The van der Waals surface area contributed by atoms with E-state index in [1.165, 1.54) is 5.56 Å². The average Bonchev–Trinajstić information content (AvgIpc) is 2.42. The number of nitrogens with one attached hydrogen (secondary N) is 2. The van der Waals surface area contributed by atoms with E-state index in [2.05, 4.69) is 17.6 Å². The molecular formula is C14H20N2O3. The number of urea groups is 1. The number of aryl methyl sites for hydroxylation is 1. The highest BCUT2D eigenvalue weighted by atomic mass is 16.4. The van der Waals surface area contributed by atoms with E-state index in [9.17, 15) is 9.59 Å². The first-order valence-electron chi connectivity index (χ1n) is 6.41. The van der Waals surface area contributed by atoms with Crippen molar-refractivity contribution in [3.8, 4) is 0 Å². The SMILES string of the molecule is CCc1ccc(CNC(=O)N[C@H](CC)C(=O)O)cc1. The molecule has 1 aromatic rings. The Morgan fingerprint density at radius 3 is 2.21 bits per heavy atom. The molecule has 0 aromatic heterocycles. The number of carbonyl (C=O) groups excluding carboxylic acids is 1. The molecule has 1 aromatic carbocycles. The Kier molecular flexibility index (Phi) is 5.85. The van der Waals surface area contributed by atoms with Crippen LogP contribution in [0.5, 0.6) is 0 Å². The molecule has 5 heteroatoms. The fraction of sp³-hybridized carbons (Fsp3) is 0.429. The lowest BCUT2D eigenvalue weighted by molar-refractivity contribution is -0.139. The average molecular weight is 264 g/mol. The smallest absolute Gasteiger partial charge is 0.326 e. The van der Waals surface area contributed by atoms with Crippen LogP contribution in [0.2, 0.25) is 0 Å². The van der Waals surface area contributed by atoms with Gasteiger partial charge in [0.15, 0.2) is 0 Å². The van der Waals surface area contributed by atoms with E-state index < -0.39 is 18.0 Å². The Balaban J connectivity index is 2.42. The maximum Gasteiger partial charge on any atom is 0.326 e. The van der Waals surface area contributed by atoms with Crippen LogP contribution in [0, 0.1) is 0 Å². The van der Waals surface area contributed by atoms with E-state index in [-0.39, 0.29) is 0 Å². The number of aliphatic carboxylic acids is 1. The van der Waals surface area contributed by atoms with Gasteiger partial charge in [-0.15, -0.1) is 0 Å². The summed E-state index contributed by atoms with van der Waals surface area (Å²) in [6.07, 6.45) is 1.33. The summed E-state index contributed by atoms with van der Waals surface area (Å²) >= 11 is 0. The normalized spacial score (nSPS) is 11.7. The molecule has 0 heterocycles. The molecule has 3 N–H and O–H groups in total. The van der Waals surface area contributed by atoms with Crippen LogP contribution in [-0.4, -0.2) is 23.1 Å². The van der Waals surface area contributed by atoms with Gasteiger partial charge >= 0.3 is 12.0 Å². The Morgan fingerprint density at radius 2 is 1.74 bits per heavy atom. The highest BCUT2D eigenvalue weighted by Gasteiger charge is 2.16. The fourth-order valence-corrected chi connectivity index (χ4v) is 1.62. The molecule has 0 fully saturated rings. The van der Waals surface area contributed by atoms with Gasteiger partial charge in [-0.25, -0.2) is 9.59 Å². The molecule has 0 radical (unpaired) electrons. The van der Waals surface area contributed by atoms with Crippen molar-refractivity contribution in [1.29, 1.82) is 0 Å². The van der Waals surface area contributed by atoms with Crippen molar-refractivity contribution in [3.05, 3.63) is 35.4 Å². The van der Waals surface area contributed by atoms with Gasteiger partial charge in [0.2, 0.25) is 0 Å². The first-order chi connectivity index (χ1) is 9.06. The van der Waals surface area contributed by atoms with Gasteiger partial charge in [-0.05, 0) is 24.0 Å². The molecule has 5 nitrogen and oxygen atoms in total. The summed E-state index contributed by atoms with van der Waals surface area (Å²) in [5.74, 6) is -1.02. The molecule has 0 unspecified atom stereocenters. The second-order valence-corrected chi connectivity index (χ2v) is 4.30. The summed E-state index contributed by atoms with van der Waals surface area (Å²) in [6, 6.07) is 6.62. The Bertz CT molecular complexity index is 429. The number of benzene rings is 1. The predicted octanol–water partition coefficient (Wildman–Crippen LogP) is 1.91. The minimum atomic E-state index is -1.02. The highest BCUT2D eigenvalue weighted by molar-refractivity contribution is 5.82. The van der Waals surface area contributed by atoms with Gasteiger partial charge in [0.1, 0.15) is 6.04 Å². The molecule has 1 rings (SSSR count). The predicted molar refractivity (Wildman–Crippen MR) is 72.9 cm³/mol. The number of rotatable bonds is 6. The van der Waals surface area contributed by atoms with Crippen LogP contribution in [-0.2, 0) is 17.8 Å². The topological polar surface area (TPSA) is 78.4 Å². The van der Waals surface area contributed by atoms with Crippen molar-refractivity contribution in [2.45, 2.75) is 39.3 Å². The van der Waals surface area contributed by atoms with E-state index in [0.29, 0.717) is 13.0 Å². The van der Waals surface area contributed by atoms with Crippen molar-refractivity contribution in [2.75, 3.05) is 0 Å². The van der Waals surface area contributed by atoms with Crippen LogP contribution >= 0.6 is 0 Å². The number of carboxylic acid groups (broad SMARTS) is 1. The lowest BCUT2D eigenvalue weighted by atomic mass is 10.1. The largest absolute Gasteiger partial charge is 0.480 e. The molecular weight excluding hydrogens is 244 g/mol. The van der Waals surface area contributed by atoms with Crippen LogP contribution in [0.25, 0.3) is 0 Å². The quantitative estimate of drug-likeness (QED) is 0.734. The van der Waals surface area contributed by atoms with E-state index in [0.717, 1.165) is 12.0 Å². The van der Waals surface area contributed by atoms with Crippen molar-refractivity contribution in [3.63, 3.8) is 0 Å². The molecule has 0 aliphatic heterocycles. The minimum Gasteiger partial charge on any atom is -0.480 e. The summed E-state index contributed by atoms with van der Waals surface area (Å²) in [5.41, 5.74) is 2.22. The highest BCUT2D eigenvalue weighted by Crippen LogP contribution is 2.04. The summed E-state index contributed by atoms with van der Waals surface area (Å²) in [6.45, 7) is 4.17. The van der Waals surface area contributed by atoms with Gasteiger partial charge in [-0.3, -0.25) is 0 Å². The molecule has 0 saturated carbocycles. The minimum absolute atomic E-state index is 0.355. The maximum atomic E-state index is 11.5. The van der Waals surface area contributed by atoms with Gasteiger partial charge in [-0.2, -0.15) is 0 Å². The van der Waals surface area contributed by atoms with Gasteiger partial charge < -0.3 is 15.7 Å². The van der Waals surface area contributed by atoms with E-state index in [4.69, 9.17) is 5.11 Å². The first-order valence-corrected chi connectivity index (χ1v) is 6.41. The molecule has 0 bridgehead atoms. The molecule has 2 amide bonds. The summed E-state index contributed by atoms with van der Waals surface area (Å²) in [4.78, 5) is 22.3. The lowest BCUT2D eigenvalue weighted by Crippen LogP contribution is -2.45. The van der Waals surface area contributed by atoms with Crippen LogP contribution < -0.4 is 10.6 Å². The third-order valence-electron chi connectivity index (χ3n) is 2.90. The monoisotopic (exact) mass is 264 g/mol. The number of hydrogen-bond donors (Lipinski definition) is 3. The second-order valence-electron chi connectivity index (χ2n) is 4.30. The van der Waals surface area contributed by atoms with Crippen LogP contribution in [0.1, 0.15) is 31.4 Å². The van der Waals surface area contributed by atoms with Crippen molar-refractivity contribution in [2.24, 2.45) is 0 Å². The van der Waals surface area contributed by atoms with Crippen LogP contribution in [0.4, 0.5) is 4.79 Å². The van der Waals surface area contributed by atoms with Crippen molar-refractivity contribution >= 4 is 12.0 Å². The number of hydrogen-bond acceptors (Lipinski definition) is 2. The third-order valence-corrected chi connectivity index (χ3v) is 2.90. The van der Waals surface area contributed by atoms with E-state index >= 15 is 0 Å². The molecule has 0 saturated heterocycles. The van der Waals surface area contributed by atoms with Gasteiger partial charge in [0, 0.05) is 6.54 Å². The summed E-state index contributed by atoms with van der Waals surface area (Å²) < 4.78 is 0. The zero-order valence-corrected chi connectivity index (χ0v) is 11.3. The molecule has 19 heavy (non-hydrogen) atoms. The van der Waals surface area contributed by atoms with Crippen molar-refractivity contribution < 1.29 is 14.7 Å². The van der Waals surface area contributed by atoms with Crippen molar-refractivity contribution in [1.82, 2.24) is 10.6 Å². The van der Waals surface area contributed by atoms with Gasteiger partial charge in [0.05, 0.1) is 0 Å². The number of carbonyl (C=O) groups is 2. The maximum absolute atomic E-state index is 11.5. The Labute approximate surface area is 113 Å². The Morgan fingerprint density at radius 1 is 1.16 bits per heavy atom. The zero-order valence-electron chi connectivity index (χ0n) is 11.3. The summed E-state index contributed by atoms with van der Waals surface area (Å²) in [5, 5.41) is 13.9. The van der Waals surface area contributed by atoms with Gasteiger partial charge in [0.25, 0.3) is 0 Å². The molecule has 0 aliphatic carbocycles. The lowest BCUT2D eigenvalue weighted by Gasteiger charge is -2.13. The number of carboxylic acids is 1. The Hall–Kier alpha value is -2.04. The van der Waals surface area contributed by atoms with E-state index in [1.807, 2.05) is 24.3 Å². The van der Waals surface area contributed by atoms with Crippen LogP contribution in [0.15, 0.2) is 24.3 Å². The molecule has 1 atom stereocenters. The standard InChI is InChI=1S/C14H20N2O3/c1-3-10-5-7-11(8-6-10)9-15-14(19)16-12(4-2)13(17)18/h5-8,12H,3-4,9H2,1-2H3,(H,17,18)(H2,15,16,19)/t12-/m1/s1. The molecule has 0 spiro atoms. The first kappa shape index (κ1) is 15.0. The third kappa shape index (κ3) is 4.99. The van der Waals surface area contributed by atoms with E-state index in [1.54, 1.807) is 6.92 Å². The summed E-state index contributed by atoms with van der Waals surface area (Å²) in [7, 11) is 0. The van der Waals surface area contributed by atoms with Gasteiger partial charge in [-0.1, -0.05) is 38.1 Å².